The normalized spacial score (nSPS) is 12.0. The molecular formula is C20H23N3O3S. The van der Waals surface area contributed by atoms with Crippen molar-refractivity contribution >= 4 is 17.2 Å². The Hall–Kier alpha value is -2.67. The Labute approximate surface area is 162 Å². The van der Waals surface area contributed by atoms with Crippen molar-refractivity contribution < 1.29 is 14.1 Å². The molecule has 3 aromatic rings. The Bertz CT molecular complexity index is 876. The maximum Gasteiger partial charge on any atom is 0.264 e. The SMILES string of the molecule is CC[C@@H](Oc1ccccc1C)C(=O)N(CC)Cc1nc(-c2cccs2)no1. The van der Waals surface area contributed by atoms with Gasteiger partial charge in [0.05, 0.1) is 4.88 Å². The third-order valence-electron chi connectivity index (χ3n) is 4.24. The van der Waals surface area contributed by atoms with Crippen molar-refractivity contribution in [3.8, 4) is 16.5 Å². The van der Waals surface area contributed by atoms with E-state index in [-0.39, 0.29) is 12.5 Å². The number of thiophene rings is 1. The summed E-state index contributed by atoms with van der Waals surface area (Å²) in [5.41, 5.74) is 1.00. The van der Waals surface area contributed by atoms with E-state index in [4.69, 9.17) is 9.26 Å². The Kier molecular flexibility index (Phi) is 6.24. The molecule has 0 aliphatic rings. The van der Waals surface area contributed by atoms with Crippen LogP contribution in [0.2, 0.25) is 0 Å². The zero-order valence-corrected chi connectivity index (χ0v) is 16.5. The van der Waals surface area contributed by atoms with Gasteiger partial charge in [-0.15, -0.1) is 11.3 Å². The van der Waals surface area contributed by atoms with E-state index in [2.05, 4.69) is 10.1 Å². The number of carbonyl (C=O) groups is 1. The van der Waals surface area contributed by atoms with Crippen molar-refractivity contribution in [2.45, 2.75) is 39.8 Å². The molecule has 0 aliphatic heterocycles. The molecule has 1 amide bonds. The Morgan fingerprint density at radius 1 is 1.26 bits per heavy atom. The van der Waals surface area contributed by atoms with E-state index in [1.54, 1.807) is 16.2 Å². The first-order valence-electron chi connectivity index (χ1n) is 8.99. The van der Waals surface area contributed by atoms with Crippen molar-refractivity contribution in [3.63, 3.8) is 0 Å². The molecule has 0 bridgehead atoms. The van der Waals surface area contributed by atoms with E-state index in [1.165, 1.54) is 0 Å². The van der Waals surface area contributed by atoms with Gasteiger partial charge in [0, 0.05) is 6.54 Å². The maximum absolute atomic E-state index is 13.0. The second-order valence-electron chi connectivity index (χ2n) is 6.12. The van der Waals surface area contributed by atoms with Crippen molar-refractivity contribution in [3.05, 3.63) is 53.2 Å². The fourth-order valence-corrected chi connectivity index (χ4v) is 3.34. The van der Waals surface area contributed by atoms with Gasteiger partial charge in [0.1, 0.15) is 12.3 Å². The van der Waals surface area contributed by atoms with Gasteiger partial charge >= 0.3 is 0 Å². The van der Waals surface area contributed by atoms with Gasteiger partial charge in [-0.25, -0.2) is 0 Å². The standard InChI is InChI=1S/C20H23N3O3S/c1-4-15(25-16-10-7-6-9-14(16)3)20(24)23(5-2)13-18-21-19(22-26-18)17-11-8-12-27-17/h6-12,15H,4-5,13H2,1-3H3/t15-/m1/s1. The third kappa shape index (κ3) is 4.54. The van der Waals surface area contributed by atoms with Crippen molar-refractivity contribution in [2.75, 3.05) is 6.54 Å². The number of ether oxygens (including phenoxy) is 1. The number of para-hydroxylation sites is 1. The number of likely N-dealkylation sites (N-methyl/N-ethyl adjacent to an activating group) is 1. The first kappa shape index (κ1) is 19.1. The number of nitrogens with zero attached hydrogens (tertiary/aromatic N) is 3. The minimum atomic E-state index is -0.550. The number of amides is 1. The second-order valence-corrected chi connectivity index (χ2v) is 7.07. The van der Waals surface area contributed by atoms with E-state index in [9.17, 15) is 4.79 Å². The predicted molar refractivity (Wildman–Crippen MR) is 105 cm³/mol. The molecule has 142 valence electrons. The number of hydrogen-bond acceptors (Lipinski definition) is 6. The van der Waals surface area contributed by atoms with E-state index in [1.807, 2.05) is 62.5 Å². The average Bonchev–Trinajstić information content (AvgIpc) is 3.36. The number of benzene rings is 1. The molecule has 0 aliphatic carbocycles. The highest BCUT2D eigenvalue weighted by atomic mass is 32.1. The number of aryl methyl sites for hydroxylation is 1. The van der Waals surface area contributed by atoms with Crippen LogP contribution in [0.1, 0.15) is 31.7 Å². The summed E-state index contributed by atoms with van der Waals surface area (Å²) in [6.07, 6.45) is 0.0271. The number of rotatable bonds is 8. The van der Waals surface area contributed by atoms with Gasteiger partial charge in [-0.2, -0.15) is 4.98 Å². The maximum atomic E-state index is 13.0. The van der Waals surface area contributed by atoms with Crippen molar-refractivity contribution in [1.29, 1.82) is 0 Å². The van der Waals surface area contributed by atoms with Gasteiger partial charge in [0.15, 0.2) is 6.10 Å². The highest BCUT2D eigenvalue weighted by Gasteiger charge is 2.26. The van der Waals surface area contributed by atoms with Crippen LogP contribution in [0.25, 0.3) is 10.7 Å². The molecule has 0 N–H and O–H groups in total. The monoisotopic (exact) mass is 385 g/mol. The molecule has 1 aromatic carbocycles. The molecular weight excluding hydrogens is 362 g/mol. The van der Waals surface area contributed by atoms with E-state index in [0.29, 0.717) is 24.7 Å². The van der Waals surface area contributed by atoms with Gasteiger partial charge in [-0.05, 0) is 43.3 Å². The second kappa shape index (κ2) is 8.81. The molecule has 0 fully saturated rings. The van der Waals surface area contributed by atoms with Crippen LogP contribution in [0.4, 0.5) is 0 Å². The molecule has 0 saturated heterocycles. The van der Waals surface area contributed by atoms with Crippen LogP contribution in [0.5, 0.6) is 5.75 Å². The molecule has 27 heavy (non-hydrogen) atoms. The van der Waals surface area contributed by atoms with Crippen LogP contribution in [0.3, 0.4) is 0 Å². The van der Waals surface area contributed by atoms with E-state index in [0.717, 1.165) is 16.2 Å². The summed E-state index contributed by atoms with van der Waals surface area (Å²) in [6.45, 7) is 6.63. The summed E-state index contributed by atoms with van der Waals surface area (Å²) in [7, 11) is 0. The summed E-state index contributed by atoms with van der Waals surface area (Å²) in [6, 6.07) is 11.6. The Morgan fingerprint density at radius 3 is 2.74 bits per heavy atom. The van der Waals surface area contributed by atoms with Gasteiger partial charge < -0.3 is 14.2 Å². The molecule has 2 aromatic heterocycles. The summed E-state index contributed by atoms with van der Waals surface area (Å²) in [5, 5.41) is 5.97. The fraction of sp³-hybridized carbons (Fsp3) is 0.350. The lowest BCUT2D eigenvalue weighted by Gasteiger charge is -2.25. The topological polar surface area (TPSA) is 68.5 Å². The lowest BCUT2D eigenvalue weighted by Crippen LogP contribution is -2.41. The average molecular weight is 385 g/mol. The lowest BCUT2D eigenvalue weighted by molar-refractivity contribution is -0.139. The number of carbonyl (C=O) groups excluding carboxylic acids is 1. The van der Waals surface area contributed by atoms with Crippen molar-refractivity contribution in [2.24, 2.45) is 0 Å². The summed E-state index contributed by atoms with van der Waals surface area (Å²) in [4.78, 5) is 20.0. The van der Waals surface area contributed by atoms with Crippen LogP contribution in [0, 0.1) is 6.92 Å². The molecule has 0 spiro atoms. The quantitative estimate of drug-likeness (QED) is 0.578. The summed E-state index contributed by atoms with van der Waals surface area (Å²) in [5.74, 6) is 1.61. The lowest BCUT2D eigenvalue weighted by atomic mass is 10.2. The molecule has 0 radical (unpaired) electrons. The zero-order chi connectivity index (χ0) is 19.2. The molecule has 6 nitrogen and oxygen atoms in total. The van der Waals surface area contributed by atoms with Crippen molar-refractivity contribution in [1.82, 2.24) is 15.0 Å². The third-order valence-corrected chi connectivity index (χ3v) is 5.10. The molecule has 0 saturated carbocycles. The Morgan fingerprint density at radius 2 is 2.07 bits per heavy atom. The van der Waals surface area contributed by atoms with E-state index >= 15 is 0 Å². The molecule has 0 unspecified atom stereocenters. The minimum absolute atomic E-state index is 0.0841. The highest BCUT2D eigenvalue weighted by molar-refractivity contribution is 7.13. The number of hydrogen-bond donors (Lipinski definition) is 0. The van der Waals surface area contributed by atoms with Crippen LogP contribution in [0.15, 0.2) is 46.3 Å². The van der Waals surface area contributed by atoms with Crippen LogP contribution < -0.4 is 4.74 Å². The van der Waals surface area contributed by atoms with E-state index < -0.39 is 6.10 Å². The molecule has 7 heteroatoms. The minimum Gasteiger partial charge on any atom is -0.480 e. The van der Waals surface area contributed by atoms with Gasteiger partial charge in [0.25, 0.3) is 5.91 Å². The smallest absolute Gasteiger partial charge is 0.264 e. The molecule has 1 atom stereocenters. The zero-order valence-electron chi connectivity index (χ0n) is 15.7. The van der Waals surface area contributed by atoms with Crippen LogP contribution in [-0.4, -0.2) is 33.6 Å². The number of aromatic nitrogens is 2. The van der Waals surface area contributed by atoms with Crippen LogP contribution >= 0.6 is 11.3 Å². The molecule has 2 heterocycles. The molecule has 3 rings (SSSR count). The fourth-order valence-electron chi connectivity index (χ4n) is 2.69. The van der Waals surface area contributed by atoms with Gasteiger partial charge in [0.2, 0.25) is 11.7 Å². The summed E-state index contributed by atoms with van der Waals surface area (Å²) < 4.78 is 11.3. The largest absolute Gasteiger partial charge is 0.480 e. The van der Waals surface area contributed by atoms with Crippen LogP contribution in [-0.2, 0) is 11.3 Å². The highest BCUT2D eigenvalue weighted by Crippen LogP contribution is 2.22. The first-order valence-corrected chi connectivity index (χ1v) is 9.87. The Balaban J connectivity index is 1.70. The van der Waals surface area contributed by atoms with Gasteiger partial charge in [-0.3, -0.25) is 4.79 Å². The first-order chi connectivity index (χ1) is 13.1. The summed E-state index contributed by atoms with van der Waals surface area (Å²) >= 11 is 1.55. The van der Waals surface area contributed by atoms with Gasteiger partial charge in [-0.1, -0.05) is 36.3 Å². The predicted octanol–water partition coefficient (Wildman–Crippen LogP) is 4.31.